The fourth-order valence-electron chi connectivity index (χ4n) is 4.82. The summed E-state index contributed by atoms with van der Waals surface area (Å²) in [4.78, 5) is 38.9. The summed E-state index contributed by atoms with van der Waals surface area (Å²) in [6.45, 7) is 15.3. The SMILES string of the molecule is CC(C)OC(=O)[C@H](C)N[P@](=O)(OCC1=CC(O[Si](C)(C)C(C)(C)C)C(n2cnc3c(NC(=O)c4ccccc4)ncnc32)O1)Oc1ccccc1. The second-order valence-electron chi connectivity index (χ2n) is 13.9. The van der Waals surface area contributed by atoms with Gasteiger partial charge in [0.1, 0.15) is 42.9 Å². The maximum Gasteiger partial charge on any atom is 0.459 e. The van der Waals surface area contributed by atoms with Crippen LogP contribution in [0, 0.1) is 0 Å². The van der Waals surface area contributed by atoms with E-state index in [2.05, 4.69) is 59.2 Å². The van der Waals surface area contributed by atoms with E-state index in [9.17, 15) is 14.2 Å². The van der Waals surface area contributed by atoms with Crippen molar-refractivity contribution in [1.82, 2.24) is 24.6 Å². The number of esters is 1. The van der Waals surface area contributed by atoms with Gasteiger partial charge in [0, 0.05) is 5.56 Å². The number of anilines is 1. The molecule has 0 saturated carbocycles. The highest BCUT2D eigenvalue weighted by atomic mass is 31.2. The first kappa shape index (κ1) is 37.8. The summed E-state index contributed by atoms with van der Waals surface area (Å²) in [5, 5.41) is 5.39. The molecule has 2 aromatic carbocycles. The number of para-hydroxylation sites is 1. The molecule has 3 heterocycles. The molecule has 0 fully saturated rings. The first-order chi connectivity index (χ1) is 24.0. The minimum Gasteiger partial charge on any atom is -0.469 e. The van der Waals surface area contributed by atoms with Crippen LogP contribution in [0.1, 0.15) is 58.1 Å². The number of amides is 1. The molecule has 4 atom stereocenters. The minimum atomic E-state index is -4.18. The van der Waals surface area contributed by atoms with Crippen LogP contribution < -0.4 is 14.9 Å². The van der Waals surface area contributed by atoms with Gasteiger partial charge in [-0.2, -0.15) is 5.09 Å². The number of imidazole rings is 1. The average molecular weight is 737 g/mol. The van der Waals surface area contributed by atoms with Crippen molar-refractivity contribution >= 4 is 44.9 Å². The van der Waals surface area contributed by atoms with E-state index >= 15 is 0 Å². The van der Waals surface area contributed by atoms with Gasteiger partial charge in [0.15, 0.2) is 25.3 Å². The topological polar surface area (TPSA) is 165 Å². The lowest BCUT2D eigenvalue weighted by molar-refractivity contribution is -0.149. The van der Waals surface area contributed by atoms with Crippen molar-refractivity contribution in [3.05, 3.63) is 90.7 Å². The van der Waals surface area contributed by atoms with Gasteiger partial charge in [0.25, 0.3) is 5.91 Å². The van der Waals surface area contributed by atoms with E-state index in [0.717, 1.165) is 0 Å². The van der Waals surface area contributed by atoms with Crippen LogP contribution >= 0.6 is 7.75 Å². The Morgan fingerprint density at radius 3 is 2.31 bits per heavy atom. The molecule has 1 aliphatic heterocycles. The summed E-state index contributed by atoms with van der Waals surface area (Å²) >= 11 is 0. The molecule has 16 heteroatoms. The number of hydrogen-bond donors (Lipinski definition) is 2. The van der Waals surface area contributed by atoms with Crippen molar-refractivity contribution < 1.29 is 37.1 Å². The Morgan fingerprint density at radius 2 is 1.67 bits per heavy atom. The van der Waals surface area contributed by atoms with Crippen LogP contribution in [0.3, 0.4) is 0 Å². The second-order valence-corrected chi connectivity index (χ2v) is 20.3. The Labute approximate surface area is 298 Å². The quantitative estimate of drug-likeness (QED) is 0.0774. The third kappa shape index (κ3) is 9.29. The predicted molar refractivity (Wildman–Crippen MR) is 194 cm³/mol. The van der Waals surface area contributed by atoms with E-state index in [-0.39, 0.29) is 35.2 Å². The van der Waals surface area contributed by atoms with Crippen LogP contribution in [0.15, 0.2) is 85.2 Å². The molecule has 2 aromatic heterocycles. The van der Waals surface area contributed by atoms with Gasteiger partial charge >= 0.3 is 13.7 Å². The lowest BCUT2D eigenvalue weighted by atomic mass is 10.2. The number of hydrogen-bond acceptors (Lipinski definition) is 11. The van der Waals surface area contributed by atoms with Crippen LogP contribution in [0.5, 0.6) is 5.75 Å². The van der Waals surface area contributed by atoms with E-state index in [1.807, 2.05) is 6.07 Å². The lowest BCUT2D eigenvalue weighted by Crippen LogP contribution is -2.45. The van der Waals surface area contributed by atoms with Crippen LogP contribution in [0.4, 0.5) is 5.82 Å². The molecule has 0 bridgehead atoms. The van der Waals surface area contributed by atoms with Crippen LogP contribution in [-0.4, -0.2) is 64.6 Å². The highest BCUT2D eigenvalue weighted by molar-refractivity contribution is 7.52. The fraction of sp³-hybridized carbons (Fsp3) is 0.400. The number of fused-ring (bicyclic) bond motifs is 1. The molecule has 272 valence electrons. The maximum atomic E-state index is 14.2. The van der Waals surface area contributed by atoms with Crippen molar-refractivity contribution in [1.29, 1.82) is 0 Å². The zero-order chi connectivity index (χ0) is 37.0. The van der Waals surface area contributed by atoms with Crippen LogP contribution in [-0.2, 0) is 27.8 Å². The second kappa shape index (κ2) is 15.5. The van der Waals surface area contributed by atoms with Crippen molar-refractivity contribution in [3.8, 4) is 5.75 Å². The average Bonchev–Trinajstić information content (AvgIpc) is 3.68. The zero-order valence-corrected chi connectivity index (χ0v) is 31.9. The predicted octanol–water partition coefficient (Wildman–Crippen LogP) is 7.02. The molecule has 0 spiro atoms. The number of benzene rings is 2. The van der Waals surface area contributed by atoms with E-state index in [4.69, 9.17) is 22.9 Å². The molecule has 0 aliphatic carbocycles. The number of carbonyl (C=O) groups is 2. The Bertz CT molecular complexity index is 1920. The number of nitrogens with one attached hydrogen (secondary N) is 2. The number of nitrogens with zero attached hydrogens (tertiary/aromatic N) is 4. The lowest BCUT2D eigenvalue weighted by Gasteiger charge is -2.39. The van der Waals surface area contributed by atoms with E-state index in [1.54, 1.807) is 85.4 Å². The monoisotopic (exact) mass is 736 g/mol. The highest BCUT2D eigenvalue weighted by Crippen LogP contribution is 2.47. The molecule has 5 rings (SSSR count). The molecular weight excluding hydrogens is 691 g/mol. The zero-order valence-electron chi connectivity index (χ0n) is 30.0. The maximum absolute atomic E-state index is 14.2. The molecule has 1 aliphatic rings. The van der Waals surface area contributed by atoms with Crippen LogP contribution in [0.2, 0.25) is 18.1 Å². The summed E-state index contributed by atoms with van der Waals surface area (Å²) in [5.74, 6) is -0.133. The van der Waals surface area contributed by atoms with Gasteiger partial charge < -0.3 is 23.7 Å². The summed E-state index contributed by atoms with van der Waals surface area (Å²) in [6, 6.07) is 16.3. The van der Waals surface area contributed by atoms with Gasteiger partial charge in [-0.1, -0.05) is 57.2 Å². The first-order valence-corrected chi connectivity index (χ1v) is 21.1. The summed E-state index contributed by atoms with van der Waals surface area (Å²) < 4.78 is 46.2. The molecule has 2 N–H and O–H groups in total. The Balaban J connectivity index is 1.42. The standard InChI is InChI=1S/C35H45N6O8PSi/c1-23(2)46-34(43)24(3)40-50(44,48-26-17-13-10-14-18-26)45-20-27-19-28(49-51(7,8)35(4,5)6)33(47-27)41-22-38-29-30(36-21-37-31(29)41)39-32(42)25-15-11-9-12-16-25/h9-19,21-24,28,33H,20H2,1-8H3,(H,40,44)(H,36,37,39,42)/t24-,28?,33?,50-/m0/s1. The fourth-order valence-corrected chi connectivity index (χ4v) is 7.49. The van der Waals surface area contributed by atoms with Crippen molar-refractivity contribution in [2.24, 2.45) is 0 Å². The summed E-state index contributed by atoms with van der Waals surface area (Å²) in [7, 11) is -6.57. The molecule has 14 nitrogen and oxygen atoms in total. The molecule has 1 amide bonds. The van der Waals surface area contributed by atoms with Gasteiger partial charge in [-0.05, 0) is 69.2 Å². The van der Waals surface area contributed by atoms with E-state index in [0.29, 0.717) is 22.5 Å². The van der Waals surface area contributed by atoms with Crippen molar-refractivity contribution in [2.75, 3.05) is 11.9 Å². The van der Waals surface area contributed by atoms with Gasteiger partial charge in [0.05, 0.1) is 6.10 Å². The number of carbonyl (C=O) groups excluding carboxylic acids is 2. The molecular formula is C35H45N6O8PSi. The van der Waals surface area contributed by atoms with Gasteiger partial charge in [-0.3, -0.25) is 18.7 Å². The number of aromatic nitrogens is 4. The minimum absolute atomic E-state index is 0.136. The smallest absolute Gasteiger partial charge is 0.459 e. The largest absolute Gasteiger partial charge is 0.469 e. The highest BCUT2D eigenvalue weighted by Gasteiger charge is 2.44. The third-order valence-corrected chi connectivity index (χ3v) is 14.5. The molecule has 2 unspecified atom stereocenters. The summed E-state index contributed by atoms with van der Waals surface area (Å²) in [6.07, 6.45) is 2.88. The molecule has 4 aromatic rings. The normalized spacial score (nSPS) is 18.1. The third-order valence-electron chi connectivity index (χ3n) is 8.44. The van der Waals surface area contributed by atoms with Crippen molar-refractivity contribution in [2.45, 2.75) is 84.2 Å². The molecule has 0 radical (unpaired) electrons. The van der Waals surface area contributed by atoms with Crippen LogP contribution in [0.25, 0.3) is 11.2 Å². The Morgan fingerprint density at radius 1 is 1.00 bits per heavy atom. The number of rotatable bonds is 14. The molecule has 51 heavy (non-hydrogen) atoms. The summed E-state index contributed by atoms with van der Waals surface area (Å²) in [5.41, 5.74) is 1.22. The van der Waals surface area contributed by atoms with Gasteiger partial charge in [0.2, 0.25) is 6.23 Å². The number of ether oxygens (including phenoxy) is 2. The van der Waals surface area contributed by atoms with Crippen molar-refractivity contribution in [3.63, 3.8) is 0 Å². The Hall–Kier alpha value is -4.40. The van der Waals surface area contributed by atoms with E-state index in [1.165, 1.54) is 13.3 Å². The van der Waals surface area contributed by atoms with Gasteiger partial charge in [-0.25, -0.2) is 19.5 Å². The van der Waals surface area contributed by atoms with Gasteiger partial charge in [-0.15, -0.1) is 0 Å². The molecule has 0 saturated heterocycles. The first-order valence-electron chi connectivity index (χ1n) is 16.6. The Kier molecular flexibility index (Phi) is 11.5. The van der Waals surface area contributed by atoms with E-state index < -0.39 is 40.4 Å².